The summed E-state index contributed by atoms with van der Waals surface area (Å²) in [5, 5.41) is 7.24. The van der Waals surface area contributed by atoms with E-state index in [9.17, 15) is 4.79 Å². The van der Waals surface area contributed by atoms with E-state index in [0.29, 0.717) is 6.42 Å². The van der Waals surface area contributed by atoms with Crippen molar-refractivity contribution in [3.63, 3.8) is 0 Å². The van der Waals surface area contributed by atoms with Gasteiger partial charge in [0, 0.05) is 12.8 Å². The van der Waals surface area contributed by atoms with Crippen LogP contribution in [0.25, 0.3) is 0 Å². The number of hydrogen-bond donors (Lipinski definition) is 3. The van der Waals surface area contributed by atoms with Gasteiger partial charge < -0.3 is 11.5 Å². The average Bonchev–Trinajstić information content (AvgIpc) is 2.17. The van der Waals surface area contributed by atoms with E-state index in [0.717, 1.165) is 5.56 Å². The molecule has 0 heterocycles. The quantitative estimate of drug-likeness (QED) is 0.493. The fourth-order valence-corrected chi connectivity index (χ4v) is 1.54. The van der Waals surface area contributed by atoms with Gasteiger partial charge in [-0.2, -0.15) is 0 Å². The van der Waals surface area contributed by atoms with Gasteiger partial charge >= 0.3 is 0 Å². The van der Waals surface area contributed by atoms with E-state index in [1.165, 1.54) is 0 Å². The fourth-order valence-electron chi connectivity index (χ4n) is 1.54. The minimum absolute atomic E-state index is 0.0742. The molecule has 0 aliphatic carbocycles. The van der Waals surface area contributed by atoms with Crippen molar-refractivity contribution < 1.29 is 4.79 Å². The molecule has 0 radical (unpaired) electrons. The first kappa shape index (κ1) is 11.2. The second-order valence-electron chi connectivity index (χ2n) is 3.51. The van der Waals surface area contributed by atoms with Gasteiger partial charge in [-0.3, -0.25) is 10.2 Å². The Morgan fingerprint density at radius 3 is 2.27 bits per heavy atom. The van der Waals surface area contributed by atoms with Gasteiger partial charge in [0.05, 0.1) is 5.84 Å². The summed E-state index contributed by atoms with van der Waals surface area (Å²) in [4.78, 5) is 10.9. The summed E-state index contributed by atoms with van der Waals surface area (Å²) in [5.74, 6) is -0.378. The van der Waals surface area contributed by atoms with Gasteiger partial charge in [0.15, 0.2) is 0 Å². The molecule has 4 nitrogen and oxygen atoms in total. The molecule has 4 heteroatoms. The first-order valence-electron chi connectivity index (χ1n) is 4.75. The van der Waals surface area contributed by atoms with Crippen LogP contribution in [0.4, 0.5) is 0 Å². The summed E-state index contributed by atoms with van der Waals surface area (Å²) in [6.07, 6.45) is 0.594. The molecule has 1 aromatic rings. The Hall–Kier alpha value is -1.84. The standard InChI is InChI=1S/C11H15N3O/c12-10(13)6-9(7-11(14)15)8-4-2-1-3-5-8/h1-5,9H,6-7H2,(H3,12,13)(H2,14,15). The monoisotopic (exact) mass is 205 g/mol. The molecule has 0 aromatic heterocycles. The van der Waals surface area contributed by atoms with Crippen LogP contribution in [-0.4, -0.2) is 11.7 Å². The summed E-state index contributed by atoms with van der Waals surface area (Å²) in [5.41, 5.74) is 11.5. The lowest BCUT2D eigenvalue weighted by atomic mass is 9.92. The van der Waals surface area contributed by atoms with Crippen LogP contribution in [0.5, 0.6) is 0 Å². The van der Waals surface area contributed by atoms with Gasteiger partial charge in [-0.25, -0.2) is 0 Å². The third kappa shape index (κ3) is 3.81. The molecule has 1 amide bonds. The number of benzene rings is 1. The predicted octanol–water partition coefficient (Wildman–Crippen LogP) is 0.972. The third-order valence-corrected chi connectivity index (χ3v) is 2.18. The van der Waals surface area contributed by atoms with Crippen LogP contribution in [0.2, 0.25) is 0 Å². The summed E-state index contributed by atoms with van der Waals surface area (Å²) < 4.78 is 0. The molecule has 5 N–H and O–H groups in total. The van der Waals surface area contributed by atoms with E-state index in [-0.39, 0.29) is 24.1 Å². The van der Waals surface area contributed by atoms with Crippen molar-refractivity contribution in [1.82, 2.24) is 0 Å². The summed E-state index contributed by atoms with van der Waals surface area (Å²) in [7, 11) is 0. The van der Waals surface area contributed by atoms with Crippen LogP contribution in [-0.2, 0) is 4.79 Å². The van der Waals surface area contributed by atoms with E-state index in [2.05, 4.69) is 0 Å². The number of amides is 1. The van der Waals surface area contributed by atoms with Gasteiger partial charge in [0.25, 0.3) is 0 Å². The molecule has 0 aliphatic heterocycles. The minimum Gasteiger partial charge on any atom is -0.388 e. The zero-order valence-electron chi connectivity index (χ0n) is 8.44. The molecule has 0 bridgehead atoms. The van der Waals surface area contributed by atoms with Crippen molar-refractivity contribution in [2.24, 2.45) is 11.5 Å². The summed E-state index contributed by atoms with van der Waals surface area (Å²) in [6, 6.07) is 9.51. The Bertz CT molecular complexity index is 332. The van der Waals surface area contributed by atoms with Crippen molar-refractivity contribution in [2.45, 2.75) is 18.8 Å². The molecule has 0 aliphatic rings. The third-order valence-electron chi connectivity index (χ3n) is 2.18. The first-order valence-corrected chi connectivity index (χ1v) is 4.75. The smallest absolute Gasteiger partial charge is 0.218 e. The normalized spacial score (nSPS) is 12.0. The zero-order chi connectivity index (χ0) is 11.3. The molecule has 0 saturated heterocycles. The highest BCUT2D eigenvalue weighted by atomic mass is 16.1. The van der Waals surface area contributed by atoms with Crippen LogP contribution in [0.15, 0.2) is 30.3 Å². The number of carbonyl (C=O) groups is 1. The topological polar surface area (TPSA) is 93.0 Å². The second kappa shape index (κ2) is 5.14. The highest BCUT2D eigenvalue weighted by molar-refractivity contribution is 5.80. The van der Waals surface area contributed by atoms with Crippen molar-refractivity contribution in [2.75, 3.05) is 0 Å². The average molecular weight is 205 g/mol. The van der Waals surface area contributed by atoms with Crippen LogP contribution < -0.4 is 11.5 Å². The fraction of sp³-hybridized carbons (Fsp3) is 0.273. The molecule has 15 heavy (non-hydrogen) atoms. The molecule has 0 spiro atoms. The van der Waals surface area contributed by atoms with Gasteiger partial charge in [0.2, 0.25) is 5.91 Å². The zero-order valence-corrected chi connectivity index (χ0v) is 8.44. The number of amidine groups is 1. The number of nitrogens with one attached hydrogen (secondary N) is 1. The van der Waals surface area contributed by atoms with E-state index in [4.69, 9.17) is 16.9 Å². The van der Waals surface area contributed by atoms with Crippen LogP contribution >= 0.6 is 0 Å². The van der Waals surface area contributed by atoms with Crippen molar-refractivity contribution in [1.29, 1.82) is 5.41 Å². The first-order chi connectivity index (χ1) is 7.09. The van der Waals surface area contributed by atoms with E-state index >= 15 is 0 Å². The number of nitrogens with two attached hydrogens (primary N) is 2. The van der Waals surface area contributed by atoms with Gasteiger partial charge in [-0.15, -0.1) is 0 Å². The molecule has 1 aromatic carbocycles. The Balaban J connectivity index is 2.81. The maximum absolute atomic E-state index is 10.9. The lowest BCUT2D eigenvalue weighted by Crippen LogP contribution is -2.20. The lowest BCUT2D eigenvalue weighted by molar-refractivity contribution is -0.118. The van der Waals surface area contributed by atoms with Crippen LogP contribution in [0.3, 0.4) is 0 Å². The molecular weight excluding hydrogens is 190 g/mol. The molecule has 1 atom stereocenters. The van der Waals surface area contributed by atoms with E-state index < -0.39 is 0 Å². The molecular formula is C11H15N3O. The van der Waals surface area contributed by atoms with Crippen molar-refractivity contribution >= 4 is 11.7 Å². The Morgan fingerprint density at radius 2 is 1.80 bits per heavy atom. The van der Waals surface area contributed by atoms with Crippen LogP contribution in [0, 0.1) is 5.41 Å². The largest absolute Gasteiger partial charge is 0.388 e. The maximum Gasteiger partial charge on any atom is 0.218 e. The SMILES string of the molecule is N=C(N)CC(CC(N)=O)c1ccccc1. The molecule has 0 fully saturated rings. The van der Waals surface area contributed by atoms with Crippen molar-refractivity contribution in [3.05, 3.63) is 35.9 Å². The second-order valence-corrected chi connectivity index (χ2v) is 3.51. The lowest BCUT2D eigenvalue weighted by Gasteiger charge is -2.14. The van der Waals surface area contributed by atoms with Gasteiger partial charge in [-0.05, 0) is 11.5 Å². The maximum atomic E-state index is 10.9. The summed E-state index contributed by atoms with van der Waals surface area (Å²) >= 11 is 0. The molecule has 0 saturated carbocycles. The van der Waals surface area contributed by atoms with Gasteiger partial charge in [0.1, 0.15) is 0 Å². The highest BCUT2D eigenvalue weighted by Gasteiger charge is 2.15. The number of rotatable bonds is 5. The number of carbonyl (C=O) groups excluding carboxylic acids is 1. The van der Waals surface area contributed by atoms with Crippen molar-refractivity contribution in [3.8, 4) is 0 Å². The minimum atomic E-state index is -0.370. The van der Waals surface area contributed by atoms with Crippen LogP contribution in [0.1, 0.15) is 24.3 Å². The Kier molecular flexibility index (Phi) is 3.85. The molecule has 1 unspecified atom stereocenters. The predicted molar refractivity (Wildman–Crippen MR) is 59.5 cm³/mol. The number of primary amides is 1. The van der Waals surface area contributed by atoms with E-state index in [1.807, 2.05) is 30.3 Å². The highest BCUT2D eigenvalue weighted by Crippen LogP contribution is 2.22. The molecule has 1 rings (SSSR count). The molecule has 80 valence electrons. The number of hydrogen-bond acceptors (Lipinski definition) is 2. The Morgan fingerprint density at radius 1 is 1.20 bits per heavy atom. The van der Waals surface area contributed by atoms with Gasteiger partial charge in [-0.1, -0.05) is 30.3 Å². The van der Waals surface area contributed by atoms with E-state index in [1.54, 1.807) is 0 Å². The summed E-state index contributed by atoms with van der Waals surface area (Å²) in [6.45, 7) is 0. The Labute approximate surface area is 88.8 Å².